The second-order valence-electron chi connectivity index (χ2n) is 6.69. The van der Waals surface area contributed by atoms with Gasteiger partial charge in [0.2, 0.25) is 0 Å². The molecule has 0 aliphatic rings. The van der Waals surface area contributed by atoms with Crippen LogP contribution in [0.15, 0.2) is 48.7 Å². The third-order valence-corrected chi connectivity index (χ3v) is 5.49. The van der Waals surface area contributed by atoms with Gasteiger partial charge in [-0.2, -0.15) is 0 Å². The fourth-order valence-electron chi connectivity index (χ4n) is 3.14. The Labute approximate surface area is 177 Å². The van der Waals surface area contributed by atoms with Crippen LogP contribution >= 0.6 is 11.3 Å². The lowest BCUT2D eigenvalue weighted by Gasteiger charge is -2.12. The number of nitrogens with two attached hydrogens (primary N) is 1. The van der Waals surface area contributed by atoms with Crippen LogP contribution in [-0.2, 0) is 0 Å². The molecule has 0 aliphatic heterocycles. The van der Waals surface area contributed by atoms with Crippen LogP contribution in [0.1, 0.15) is 15.9 Å². The minimum Gasteiger partial charge on any atom is -0.497 e. The van der Waals surface area contributed by atoms with Crippen molar-refractivity contribution in [1.29, 1.82) is 0 Å². The van der Waals surface area contributed by atoms with Crippen LogP contribution in [0.25, 0.3) is 21.5 Å². The highest BCUT2D eigenvalue weighted by Gasteiger charge is 2.13. The molecule has 0 atom stereocenters. The van der Waals surface area contributed by atoms with Crippen molar-refractivity contribution in [2.75, 3.05) is 25.3 Å². The summed E-state index contributed by atoms with van der Waals surface area (Å²) < 4.78 is 10.5. The number of fused-ring (bicyclic) bond motifs is 1. The number of aromatic nitrogens is 2. The summed E-state index contributed by atoms with van der Waals surface area (Å²) in [5.74, 6) is 0.950. The quantitative estimate of drug-likeness (QED) is 0.492. The first kappa shape index (κ1) is 19.7. The predicted octanol–water partition coefficient (Wildman–Crippen LogP) is 4.52. The largest absolute Gasteiger partial charge is 0.497 e. The number of carbonyl (C=O) groups excluding carboxylic acids is 1. The molecule has 4 rings (SSSR count). The van der Waals surface area contributed by atoms with Crippen LogP contribution in [0.2, 0.25) is 0 Å². The lowest BCUT2D eigenvalue weighted by Crippen LogP contribution is -2.12. The van der Waals surface area contributed by atoms with E-state index in [1.165, 1.54) is 11.3 Å². The Morgan fingerprint density at radius 2 is 1.80 bits per heavy atom. The molecule has 3 N–H and O–H groups in total. The van der Waals surface area contributed by atoms with Crippen LogP contribution in [0.3, 0.4) is 0 Å². The number of nitrogens with zero attached hydrogens (tertiary/aromatic N) is 2. The Morgan fingerprint density at radius 3 is 2.50 bits per heavy atom. The third-order valence-electron chi connectivity index (χ3n) is 4.68. The Kier molecular flexibility index (Phi) is 5.24. The first-order chi connectivity index (χ1) is 14.5. The topological polar surface area (TPSA) is 99.4 Å². The van der Waals surface area contributed by atoms with Gasteiger partial charge in [0, 0.05) is 41.2 Å². The second-order valence-corrected chi connectivity index (χ2v) is 7.69. The molecule has 0 saturated heterocycles. The number of aryl methyl sites for hydroxylation is 1. The SMILES string of the molecule is COc1cc(NC(=O)c2ccc(C)c(-c3cnc4sc(N)nc4c3)c2)cc(OC)c1. The minimum absolute atomic E-state index is 0.238. The average Bonchev–Trinajstić information content (AvgIpc) is 3.12. The molecule has 152 valence electrons. The van der Waals surface area contributed by atoms with Crippen LogP contribution in [0, 0.1) is 6.92 Å². The normalized spacial score (nSPS) is 10.8. The van der Waals surface area contributed by atoms with Gasteiger partial charge in [-0.1, -0.05) is 17.4 Å². The highest BCUT2D eigenvalue weighted by molar-refractivity contribution is 7.21. The molecule has 0 bridgehead atoms. The van der Waals surface area contributed by atoms with Gasteiger partial charge in [-0.05, 0) is 36.2 Å². The van der Waals surface area contributed by atoms with Gasteiger partial charge in [0.1, 0.15) is 21.8 Å². The van der Waals surface area contributed by atoms with E-state index in [9.17, 15) is 4.79 Å². The zero-order valence-electron chi connectivity index (χ0n) is 16.7. The summed E-state index contributed by atoms with van der Waals surface area (Å²) in [6, 6.07) is 12.7. The van der Waals surface area contributed by atoms with E-state index < -0.39 is 0 Å². The Morgan fingerprint density at radius 1 is 1.07 bits per heavy atom. The Balaban J connectivity index is 1.66. The molecular weight excluding hydrogens is 400 g/mol. The average molecular weight is 420 g/mol. The molecule has 0 unspecified atom stereocenters. The number of anilines is 2. The molecule has 1 amide bonds. The fraction of sp³-hybridized carbons (Fsp3) is 0.136. The molecule has 2 heterocycles. The second kappa shape index (κ2) is 8.00. The van der Waals surface area contributed by atoms with Crippen LogP contribution < -0.4 is 20.5 Å². The molecule has 7 nitrogen and oxygen atoms in total. The summed E-state index contributed by atoms with van der Waals surface area (Å²) in [7, 11) is 3.13. The number of ether oxygens (including phenoxy) is 2. The monoisotopic (exact) mass is 420 g/mol. The number of pyridine rings is 1. The van der Waals surface area contributed by atoms with Crippen LogP contribution in [-0.4, -0.2) is 30.1 Å². The smallest absolute Gasteiger partial charge is 0.255 e. The van der Waals surface area contributed by atoms with Crippen molar-refractivity contribution in [2.45, 2.75) is 6.92 Å². The molecule has 2 aromatic heterocycles. The first-order valence-corrected chi connectivity index (χ1v) is 9.96. The molecule has 0 radical (unpaired) electrons. The van der Waals surface area contributed by atoms with E-state index in [0.29, 0.717) is 27.9 Å². The number of hydrogen-bond acceptors (Lipinski definition) is 7. The number of benzene rings is 2. The summed E-state index contributed by atoms with van der Waals surface area (Å²) in [4.78, 5) is 22.4. The standard InChI is InChI=1S/C22H20N4O3S/c1-12-4-5-13(20(27)25-15-8-16(28-2)10-17(9-15)29-3)6-18(12)14-7-19-21(24-11-14)30-22(23)26-19/h4-11H,1-3H3,(H2,23,26)(H,25,27). The van der Waals surface area contributed by atoms with E-state index in [1.807, 2.05) is 25.1 Å². The van der Waals surface area contributed by atoms with E-state index in [-0.39, 0.29) is 5.91 Å². The van der Waals surface area contributed by atoms with Gasteiger partial charge in [-0.25, -0.2) is 9.97 Å². The highest BCUT2D eigenvalue weighted by atomic mass is 32.1. The molecule has 0 saturated carbocycles. The minimum atomic E-state index is -0.238. The molecule has 8 heteroatoms. The maximum absolute atomic E-state index is 12.9. The van der Waals surface area contributed by atoms with Crippen molar-refractivity contribution >= 4 is 38.4 Å². The van der Waals surface area contributed by atoms with Crippen molar-refractivity contribution in [3.8, 4) is 22.6 Å². The lowest BCUT2D eigenvalue weighted by molar-refractivity contribution is 0.102. The number of carbonyl (C=O) groups is 1. The van der Waals surface area contributed by atoms with Gasteiger partial charge < -0.3 is 20.5 Å². The van der Waals surface area contributed by atoms with E-state index in [4.69, 9.17) is 15.2 Å². The highest BCUT2D eigenvalue weighted by Crippen LogP contribution is 2.30. The van der Waals surface area contributed by atoms with Crippen molar-refractivity contribution in [3.05, 3.63) is 59.8 Å². The molecular formula is C22H20N4O3S. The Bertz CT molecular complexity index is 1230. The predicted molar refractivity (Wildman–Crippen MR) is 119 cm³/mol. The summed E-state index contributed by atoms with van der Waals surface area (Å²) >= 11 is 1.35. The zero-order valence-corrected chi connectivity index (χ0v) is 17.5. The molecule has 4 aromatic rings. The van der Waals surface area contributed by atoms with Crippen LogP contribution in [0.5, 0.6) is 11.5 Å². The van der Waals surface area contributed by atoms with Gasteiger partial charge in [0.15, 0.2) is 5.13 Å². The van der Waals surface area contributed by atoms with Crippen LogP contribution in [0.4, 0.5) is 10.8 Å². The number of methoxy groups -OCH3 is 2. The zero-order chi connectivity index (χ0) is 21.3. The molecule has 0 fully saturated rings. The van der Waals surface area contributed by atoms with E-state index in [0.717, 1.165) is 27.0 Å². The maximum atomic E-state index is 12.9. The molecule has 30 heavy (non-hydrogen) atoms. The molecule has 0 aliphatic carbocycles. The number of nitrogens with one attached hydrogen (secondary N) is 1. The van der Waals surface area contributed by atoms with E-state index in [1.54, 1.807) is 44.7 Å². The molecule has 0 spiro atoms. The Hall–Kier alpha value is -3.65. The van der Waals surface area contributed by atoms with Gasteiger partial charge in [0.05, 0.1) is 14.2 Å². The number of thiazole rings is 1. The van der Waals surface area contributed by atoms with Gasteiger partial charge in [0.25, 0.3) is 5.91 Å². The fourth-order valence-corrected chi connectivity index (χ4v) is 3.80. The number of hydrogen-bond donors (Lipinski definition) is 2. The maximum Gasteiger partial charge on any atom is 0.255 e. The van der Waals surface area contributed by atoms with E-state index in [2.05, 4.69) is 15.3 Å². The van der Waals surface area contributed by atoms with Gasteiger partial charge >= 0.3 is 0 Å². The summed E-state index contributed by atoms with van der Waals surface area (Å²) in [5.41, 5.74) is 10.4. The first-order valence-electron chi connectivity index (χ1n) is 9.14. The van der Waals surface area contributed by atoms with Crippen molar-refractivity contribution in [3.63, 3.8) is 0 Å². The summed E-state index contributed by atoms with van der Waals surface area (Å²) in [6.07, 6.45) is 1.77. The lowest BCUT2D eigenvalue weighted by atomic mass is 9.99. The van der Waals surface area contributed by atoms with Crippen molar-refractivity contribution < 1.29 is 14.3 Å². The van der Waals surface area contributed by atoms with Gasteiger partial charge in [-0.15, -0.1) is 0 Å². The number of rotatable bonds is 5. The van der Waals surface area contributed by atoms with Crippen molar-refractivity contribution in [1.82, 2.24) is 9.97 Å². The number of nitrogen functional groups attached to an aromatic ring is 1. The van der Waals surface area contributed by atoms with E-state index >= 15 is 0 Å². The summed E-state index contributed by atoms with van der Waals surface area (Å²) in [6.45, 7) is 1.99. The number of amides is 1. The van der Waals surface area contributed by atoms with Gasteiger partial charge in [-0.3, -0.25) is 4.79 Å². The third kappa shape index (κ3) is 3.90. The summed E-state index contributed by atoms with van der Waals surface area (Å²) in [5, 5.41) is 3.38. The molecule has 2 aromatic carbocycles. The van der Waals surface area contributed by atoms with Crippen molar-refractivity contribution in [2.24, 2.45) is 0 Å².